The van der Waals surface area contributed by atoms with E-state index in [4.69, 9.17) is 40.5 Å². The average molecular weight is 245 g/mol. The molecule has 0 radical (unpaired) electrons. The van der Waals surface area contributed by atoms with Crippen LogP contribution in [-0.2, 0) is 9.63 Å². The van der Waals surface area contributed by atoms with Crippen molar-refractivity contribution in [2.45, 2.75) is 3.79 Å². The predicted molar refractivity (Wildman–Crippen MR) is 44.6 cm³/mol. The van der Waals surface area contributed by atoms with Crippen molar-refractivity contribution in [3.8, 4) is 0 Å². The fourth-order valence-electron chi connectivity index (χ4n) is 0.233. The molecule has 0 aromatic rings. The zero-order valence-corrected chi connectivity index (χ0v) is 10.7. The van der Waals surface area contributed by atoms with Gasteiger partial charge in [0.1, 0.15) is 0 Å². The summed E-state index contributed by atoms with van der Waals surface area (Å²) in [6.07, 6.45) is 0. The maximum atomic E-state index is 10.6. The molecule has 0 atom stereocenters. The number of carbonyl (C=O) groups is 1. The topological polar surface area (TPSA) is 64.3 Å². The molecule has 0 saturated carbocycles. The van der Waals surface area contributed by atoms with E-state index in [0.717, 1.165) is 0 Å². The van der Waals surface area contributed by atoms with Crippen LogP contribution in [0, 0.1) is 0 Å². The Morgan fingerprint density at radius 1 is 1.58 bits per heavy atom. The minimum atomic E-state index is -2.04. The number of hydrogen-bond donors (Lipinski definition) is 2. The molecule has 0 bridgehead atoms. The Balaban J connectivity index is -0.000000500. The van der Waals surface area contributed by atoms with Crippen LogP contribution in [0.15, 0.2) is 0 Å². The van der Waals surface area contributed by atoms with Crippen molar-refractivity contribution in [2.24, 2.45) is 5.73 Å². The van der Waals surface area contributed by atoms with Crippen molar-refractivity contribution in [3.63, 3.8) is 0 Å². The van der Waals surface area contributed by atoms with Crippen LogP contribution in [0.25, 0.3) is 0 Å². The molecular weight excluding hydrogens is 237 g/mol. The third kappa shape index (κ3) is 7.89. The van der Waals surface area contributed by atoms with Crippen LogP contribution in [-0.4, -0.2) is 22.9 Å². The standard InChI is InChI=1S/C4H7Cl3N2O2.Na.H/c5-4(6,7)3(10)11-9-2-1-8;;/h9H,1-2,8H2;;/q;+1;-1. The molecule has 0 aliphatic carbocycles. The van der Waals surface area contributed by atoms with Crippen LogP contribution in [0.4, 0.5) is 0 Å². The Kier molecular flexibility index (Phi) is 10.0. The second-order valence-electron chi connectivity index (χ2n) is 1.57. The summed E-state index contributed by atoms with van der Waals surface area (Å²) in [6.45, 7) is 0.639. The molecule has 0 heterocycles. The second-order valence-corrected chi connectivity index (χ2v) is 3.85. The van der Waals surface area contributed by atoms with Crippen LogP contribution in [0.5, 0.6) is 0 Å². The molecular formula is C4H8Cl3N2NaO2. The number of halogens is 3. The fraction of sp³-hybridized carbons (Fsp3) is 0.750. The number of nitrogens with two attached hydrogens (primary N) is 1. The molecule has 3 N–H and O–H groups in total. The Labute approximate surface area is 109 Å². The van der Waals surface area contributed by atoms with E-state index in [0.29, 0.717) is 13.1 Å². The fourth-order valence-corrected chi connectivity index (χ4v) is 0.349. The van der Waals surface area contributed by atoms with Gasteiger partial charge in [0.05, 0.1) is 0 Å². The van der Waals surface area contributed by atoms with Gasteiger partial charge >= 0.3 is 35.5 Å². The number of nitrogens with one attached hydrogen (secondary N) is 1. The van der Waals surface area contributed by atoms with Crippen LogP contribution < -0.4 is 40.8 Å². The Bertz CT molecular complexity index is 146. The van der Waals surface area contributed by atoms with Gasteiger partial charge < -0.3 is 12.0 Å². The molecule has 0 amide bonds. The summed E-state index contributed by atoms with van der Waals surface area (Å²) >= 11 is 15.4. The molecule has 68 valence electrons. The van der Waals surface area contributed by atoms with Gasteiger partial charge in [-0.25, -0.2) is 4.79 Å². The van der Waals surface area contributed by atoms with Crippen molar-refractivity contribution < 1.29 is 40.6 Å². The van der Waals surface area contributed by atoms with Crippen LogP contribution in [0.3, 0.4) is 0 Å². The molecule has 0 saturated heterocycles. The zero-order valence-electron chi connectivity index (χ0n) is 7.44. The number of carbonyl (C=O) groups excluding carboxylic acids is 1. The molecule has 0 unspecified atom stereocenters. The number of alkyl halides is 3. The normalized spacial score (nSPS) is 10.3. The first kappa shape index (κ1) is 15.7. The third-order valence-electron chi connectivity index (χ3n) is 0.643. The van der Waals surface area contributed by atoms with Crippen LogP contribution in [0.1, 0.15) is 1.43 Å². The minimum Gasteiger partial charge on any atom is -1.00 e. The molecule has 0 spiro atoms. The summed E-state index contributed by atoms with van der Waals surface area (Å²) in [5.74, 6) is -0.976. The number of hydroxylamine groups is 1. The first-order chi connectivity index (χ1) is 4.98. The first-order valence-electron chi connectivity index (χ1n) is 2.69. The molecule has 4 nitrogen and oxygen atoms in total. The molecule has 0 aromatic heterocycles. The molecule has 8 heteroatoms. The Morgan fingerprint density at radius 2 is 2.08 bits per heavy atom. The molecule has 0 fully saturated rings. The van der Waals surface area contributed by atoms with Gasteiger partial charge in [0.2, 0.25) is 0 Å². The van der Waals surface area contributed by atoms with Crippen molar-refractivity contribution in [3.05, 3.63) is 0 Å². The van der Waals surface area contributed by atoms with E-state index in [1.54, 1.807) is 0 Å². The molecule has 0 aromatic carbocycles. The summed E-state index contributed by atoms with van der Waals surface area (Å²) in [7, 11) is 0. The maximum Gasteiger partial charge on any atom is 1.00 e. The van der Waals surface area contributed by atoms with Crippen LogP contribution in [0.2, 0.25) is 0 Å². The van der Waals surface area contributed by atoms with E-state index in [2.05, 4.69) is 10.3 Å². The van der Waals surface area contributed by atoms with E-state index >= 15 is 0 Å². The van der Waals surface area contributed by atoms with Gasteiger partial charge in [-0.05, 0) is 0 Å². The number of rotatable bonds is 3. The van der Waals surface area contributed by atoms with Crippen molar-refractivity contribution in [2.75, 3.05) is 13.1 Å². The van der Waals surface area contributed by atoms with Gasteiger partial charge in [0.15, 0.2) is 0 Å². The van der Waals surface area contributed by atoms with Gasteiger partial charge in [0.25, 0.3) is 3.79 Å². The predicted octanol–water partition coefficient (Wildman–Crippen LogP) is -2.52. The molecule has 12 heavy (non-hydrogen) atoms. The van der Waals surface area contributed by atoms with Crippen molar-refractivity contribution in [1.82, 2.24) is 5.48 Å². The Hall–Kier alpha value is 1.26. The van der Waals surface area contributed by atoms with Crippen LogP contribution >= 0.6 is 34.8 Å². The average Bonchev–Trinajstić information content (AvgIpc) is 1.86. The van der Waals surface area contributed by atoms with Gasteiger partial charge in [-0.2, -0.15) is 5.48 Å². The van der Waals surface area contributed by atoms with E-state index < -0.39 is 9.76 Å². The summed E-state index contributed by atoms with van der Waals surface area (Å²) in [6, 6.07) is 0. The maximum absolute atomic E-state index is 10.6. The van der Waals surface area contributed by atoms with Gasteiger partial charge in [0, 0.05) is 13.1 Å². The van der Waals surface area contributed by atoms with E-state index in [-0.39, 0.29) is 31.0 Å². The summed E-state index contributed by atoms with van der Waals surface area (Å²) in [5, 5.41) is 0. The monoisotopic (exact) mass is 244 g/mol. The van der Waals surface area contributed by atoms with Gasteiger partial charge in [-0.1, -0.05) is 34.8 Å². The largest absolute Gasteiger partial charge is 1.00 e. The first-order valence-corrected chi connectivity index (χ1v) is 3.83. The van der Waals surface area contributed by atoms with E-state index in [1.165, 1.54) is 0 Å². The van der Waals surface area contributed by atoms with E-state index in [9.17, 15) is 4.79 Å². The molecule has 0 aliphatic heterocycles. The summed E-state index contributed by atoms with van der Waals surface area (Å²) in [5.41, 5.74) is 7.28. The van der Waals surface area contributed by atoms with E-state index in [1.807, 2.05) is 0 Å². The SMILES string of the molecule is NCCNOC(=O)C(Cl)(Cl)Cl.[H-].[Na+]. The quantitative estimate of drug-likeness (QED) is 0.249. The van der Waals surface area contributed by atoms with Gasteiger partial charge in [-0.15, -0.1) is 0 Å². The number of hydrogen-bond acceptors (Lipinski definition) is 4. The van der Waals surface area contributed by atoms with Gasteiger partial charge in [-0.3, -0.25) is 0 Å². The van der Waals surface area contributed by atoms with Crippen molar-refractivity contribution in [1.29, 1.82) is 0 Å². The summed E-state index contributed by atoms with van der Waals surface area (Å²) in [4.78, 5) is 14.9. The Morgan fingerprint density at radius 3 is 2.42 bits per heavy atom. The third-order valence-corrected chi connectivity index (χ3v) is 1.11. The molecule has 0 aliphatic rings. The molecule has 0 rings (SSSR count). The second kappa shape index (κ2) is 7.64. The zero-order chi connectivity index (χ0) is 8.91. The minimum absolute atomic E-state index is 0. The van der Waals surface area contributed by atoms with Crippen molar-refractivity contribution >= 4 is 40.8 Å². The summed E-state index contributed by atoms with van der Waals surface area (Å²) < 4.78 is -2.04. The smallest absolute Gasteiger partial charge is 1.00 e.